The number of methoxy groups -OCH3 is 2. The molecule has 0 aliphatic carbocycles. The Morgan fingerprint density at radius 1 is 0.975 bits per heavy atom. The van der Waals surface area contributed by atoms with E-state index in [-0.39, 0.29) is 11.3 Å². The van der Waals surface area contributed by atoms with Crippen LogP contribution in [0.5, 0.6) is 17.2 Å². The average molecular weight is 559 g/mol. The standard InChI is InChI=1S/C31H30N2O6S/c1-5-15-39-23-14-10-20(17-24(23)38-4)27-26(28(34)19-8-11-21(37-3)12-9-19)29(35)30(36)33(27)31-32-22-13-7-18(6-2)16-25(22)40-31/h7-14,16-17,27,34H,5-6,15H2,1-4H3/b28-26+/t27-/m1/s1. The number of aryl methyl sites for hydroxylation is 1. The Hall–Kier alpha value is -4.37. The molecular formula is C31H30N2O6S. The molecule has 1 fully saturated rings. The summed E-state index contributed by atoms with van der Waals surface area (Å²) in [5, 5.41) is 11.8. The summed E-state index contributed by atoms with van der Waals surface area (Å²) in [6.07, 6.45) is 1.69. The molecule has 1 aliphatic heterocycles. The highest BCUT2D eigenvalue weighted by atomic mass is 32.1. The minimum absolute atomic E-state index is 0.0343. The summed E-state index contributed by atoms with van der Waals surface area (Å²) in [6.45, 7) is 4.59. The van der Waals surface area contributed by atoms with Crippen molar-refractivity contribution in [3.63, 3.8) is 0 Å². The quantitative estimate of drug-likeness (QED) is 0.146. The smallest absolute Gasteiger partial charge is 0.301 e. The van der Waals surface area contributed by atoms with Gasteiger partial charge in [-0.3, -0.25) is 14.5 Å². The summed E-state index contributed by atoms with van der Waals surface area (Å²) >= 11 is 1.33. The van der Waals surface area contributed by atoms with Crippen molar-refractivity contribution < 1.29 is 28.9 Å². The number of ether oxygens (including phenoxy) is 3. The summed E-state index contributed by atoms with van der Waals surface area (Å²) in [7, 11) is 3.08. The average Bonchev–Trinajstić information content (AvgIpc) is 3.52. The van der Waals surface area contributed by atoms with Crippen molar-refractivity contribution in [3.8, 4) is 17.2 Å². The number of aliphatic hydroxyl groups excluding tert-OH is 1. The Morgan fingerprint density at radius 2 is 1.75 bits per heavy atom. The van der Waals surface area contributed by atoms with Crippen molar-refractivity contribution in [1.29, 1.82) is 0 Å². The molecule has 0 unspecified atom stereocenters. The van der Waals surface area contributed by atoms with Crippen LogP contribution in [0.1, 0.15) is 43.0 Å². The lowest BCUT2D eigenvalue weighted by atomic mass is 9.95. The number of hydrogen-bond acceptors (Lipinski definition) is 8. The number of Topliss-reactive ketones (excluding diaryl/α,β-unsaturated/α-hetero) is 1. The minimum atomic E-state index is -0.942. The first-order valence-electron chi connectivity index (χ1n) is 13.1. The Labute approximate surface area is 236 Å². The highest BCUT2D eigenvalue weighted by molar-refractivity contribution is 7.22. The van der Waals surface area contributed by atoms with Gasteiger partial charge in [-0.15, -0.1) is 0 Å². The second-order valence-corrected chi connectivity index (χ2v) is 10.3. The number of ketones is 1. The zero-order chi connectivity index (χ0) is 28.4. The molecule has 8 nitrogen and oxygen atoms in total. The summed E-state index contributed by atoms with van der Waals surface area (Å²) in [5.41, 5.74) is 2.80. The third-order valence-electron chi connectivity index (χ3n) is 6.83. The van der Waals surface area contributed by atoms with E-state index in [4.69, 9.17) is 19.2 Å². The lowest BCUT2D eigenvalue weighted by Crippen LogP contribution is -2.29. The Morgan fingerprint density at radius 3 is 2.42 bits per heavy atom. The summed E-state index contributed by atoms with van der Waals surface area (Å²) in [6, 6.07) is 16.9. The number of nitrogens with zero attached hydrogens (tertiary/aromatic N) is 2. The van der Waals surface area contributed by atoms with E-state index in [1.165, 1.54) is 23.3 Å². The van der Waals surface area contributed by atoms with Crippen molar-refractivity contribution in [2.75, 3.05) is 25.7 Å². The van der Waals surface area contributed by atoms with Gasteiger partial charge in [0.15, 0.2) is 16.6 Å². The molecule has 9 heteroatoms. The van der Waals surface area contributed by atoms with Crippen LogP contribution in [0.15, 0.2) is 66.2 Å². The van der Waals surface area contributed by atoms with Crippen LogP contribution in [0, 0.1) is 0 Å². The first kappa shape index (κ1) is 27.2. The molecule has 1 N–H and O–H groups in total. The molecular weight excluding hydrogens is 528 g/mol. The van der Waals surface area contributed by atoms with Crippen LogP contribution in [0.25, 0.3) is 16.0 Å². The van der Waals surface area contributed by atoms with Crippen LogP contribution in [0.3, 0.4) is 0 Å². The Balaban J connectivity index is 1.70. The van der Waals surface area contributed by atoms with Crippen LogP contribution in [-0.2, 0) is 16.0 Å². The Kier molecular flexibility index (Phi) is 7.75. The van der Waals surface area contributed by atoms with E-state index in [0.29, 0.717) is 40.1 Å². The predicted molar refractivity (Wildman–Crippen MR) is 156 cm³/mol. The summed E-state index contributed by atoms with van der Waals surface area (Å²) < 4.78 is 17.6. The normalized spacial score (nSPS) is 16.5. The molecule has 1 aromatic heterocycles. The number of carbonyl (C=O) groups excluding carboxylic acids is 2. The number of fused-ring (bicyclic) bond motifs is 1. The van der Waals surface area contributed by atoms with Gasteiger partial charge >= 0.3 is 5.91 Å². The predicted octanol–water partition coefficient (Wildman–Crippen LogP) is 6.29. The molecule has 1 saturated heterocycles. The zero-order valence-corrected chi connectivity index (χ0v) is 23.6. The molecule has 3 aromatic carbocycles. The second kappa shape index (κ2) is 11.4. The van der Waals surface area contributed by atoms with Crippen molar-refractivity contribution in [3.05, 3.63) is 82.9 Å². The van der Waals surface area contributed by atoms with Crippen LogP contribution in [-0.4, -0.2) is 42.6 Å². The molecule has 206 valence electrons. The van der Waals surface area contributed by atoms with Crippen LogP contribution >= 0.6 is 11.3 Å². The fraction of sp³-hybridized carbons (Fsp3) is 0.258. The molecule has 1 amide bonds. The first-order valence-corrected chi connectivity index (χ1v) is 13.9. The molecule has 40 heavy (non-hydrogen) atoms. The highest BCUT2D eigenvalue weighted by Crippen LogP contribution is 2.46. The number of thiazole rings is 1. The maximum Gasteiger partial charge on any atom is 0.301 e. The van der Waals surface area contributed by atoms with Gasteiger partial charge in [0.1, 0.15) is 11.5 Å². The highest BCUT2D eigenvalue weighted by Gasteiger charge is 2.48. The number of hydrogen-bond donors (Lipinski definition) is 1. The zero-order valence-electron chi connectivity index (χ0n) is 22.8. The molecule has 2 heterocycles. The van der Waals surface area contributed by atoms with Crippen molar-refractivity contribution in [1.82, 2.24) is 4.98 Å². The van der Waals surface area contributed by atoms with Gasteiger partial charge in [-0.2, -0.15) is 0 Å². The number of anilines is 1. The van der Waals surface area contributed by atoms with Crippen molar-refractivity contribution in [2.24, 2.45) is 0 Å². The molecule has 0 bridgehead atoms. The Bertz CT molecular complexity index is 1610. The monoisotopic (exact) mass is 558 g/mol. The van der Waals surface area contributed by atoms with Gasteiger partial charge < -0.3 is 19.3 Å². The third kappa shape index (κ3) is 4.88. The molecule has 1 aliphatic rings. The lowest BCUT2D eigenvalue weighted by Gasteiger charge is -2.24. The molecule has 5 rings (SSSR count). The van der Waals surface area contributed by atoms with Gasteiger partial charge in [0, 0.05) is 5.56 Å². The number of rotatable bonds is 9. The van der Waals surface area contributed by atoms with E-state index in [1.54, 1.807) is 49.6 Å². The van der Waals surface area contributed by atoms with E-state index in [0.717, 1.165) is 28.6 Å². The SMILES string of the molecule is CCCOc1ccc([C@@H]2/C(=C(\O)c3ccc(OC)cc3)C(=O)C(=O)N2c2nc3ccc(CC)cc3s2)cc1OC. The fourth-order valence-electron chi connectivity index (χ4n) is 4.71. The van der Waals surface area contributed by atoms with E-state index >= 15 is 0 Å². The van der Waals surface area contributed by atoms with E-state index in [2.05, 4.69) is 6.92 Å². The topological polar surface area (TPSA) is 98.2 Å². The van der Waals surface area contributed by atoms with E-state index in [9.17, 15) is 14.7 Å². The molecule has 1 atom stereocenters. The summed E-state index contributed by atoms with van der Waals surface area (Å²) in [4.78, 5) is 33.3. The molecule has 0 radical (unpaired) electrons. The number of aromatic nitrogens is 1. The van der Waals surface area contributed by atoms with E-state index in [1.807, 2.05) is 25.1 Å². The summed E-state index contributed by atoms with van der Waals surface area (Å²) in [5.74, 6) is -0.239. The largest absolute Gasteiger partial charge is 0.507 e. The third-order valence-corrected chi connectivity index (χ3v) is 7.85. The number of amides is 1. The number of benzene rings is 3. The maximum absolute atomic E-state index is 13.6. The van der Waals surface area contributed by atoms with Crippen molar-refractivity contribution >= 4 is 44.1 Å². The molecule has 0 spiro atoms. The van der Waals surface area contributed by atoms with Gasteiger partial charge in [-0.05, 0) is 72.5 Å². The lowest BCUT2D eigenvalue weighted by molar-refractivity contribution is -0.132. The van der Waals surface area contributed by atoms with Gasteiger partial charge in [0.2, 0.25) is 0 Å². The van der Waals surface area contributed by atoms with Crippen LogP contribution in [0.4, 0.5) is 5.13 Å². The van der Waals surface area contributed by atoms with Crippen LogP contribution < -0.4 is 19.1 Å². The van der Waals surface area contributed by atoms with Gasteiger partial charge in [0.05, 0.1) is 42.7 Å². The first-order chi connectivity index (χ1) is 19.4. The minimum Gasteiger partial charge on any atom is -0.507 e. The fourth-order valence-corrected chi connectivity index (χ4v) is 5.77. The maximum atomic E-state index is 13.6. The van der Waals surface area contributed by atoms with Crippen molar-refractivity contribution in [2.45, 2.75) is 32.7 Å². The van der Waals surface area contributed by atoms with Gasteiger partial charge in [0.25, 0.3) is 5.78 Å². The van der Waals surface area contributed by atoms with Gasteiger partial charge in [-0.1, -0.05) is 37.3 Å². The molecule has 4 aromatic rings. The van der Waals surface area contributed by atoms with Crippen LogP contribution in [0.2, 0.25) is 0 Å². The van der Waals surface area contributed by atoms with Gasteiger partial charge in [-0.25, -0.2) is 4.98 Å². The second-order valence-electron chi connectivity index (χ2n) is 9.31. The van der Waals surface area contributed by atoms with E-state index < -0.39 is 17.7 Å². The molecule has 0 saturated carbocycles. The number of aliphatic hydroxyl groups is 1. The number of carbonyl (C=O) groups is 2.